The van der Waals surface area contributed by atoms with Crippen molar-refractivity contribution in [1.29, 1.82) is 5.41 Å². The fourth-order valence-electron chi connectivity index (χ4n) is 2.17. The van der Waals surface area contributed by atoms with Crippen LogP contribution in [0.15, 0.2) is 36.2 Å². The van der Waals surface area contributed by atoms with Crippen molar-refractivity contribution in [3.63, 3.8) is 0 Å². The first-order valence-electron chi connectivity index (χ1n) is 7.29. The van der Waals surface area contributed by atoms with E-state index < -0.39 is 0 Å². The number of hydrogen-bond donors (Lipinski definition) is 2. The number of nitrogens with zero attached hydrogens (tertiary/aromatic N) is 1. The van der Waals surface area contributed by atoms with E-state index in [9.17, 15) is 0 Å². The molecule has 0 atom stereocenters. The van der Waals surface area contributed by atoms with Crippen LogP contribution in [0.5, 0.6) is 11.5 Å². The van der Waals surface area contributed by atoms with E-state index in [0.717, 1.165) is 30.4 Å². The van der Waals surface area contributed by atoms with Crippen molar-refractivity contribution in [2.24, 2.45) is 0 Å². The van der Waals surface area contributed by atoms with Gasteiger partial charge in [-0.15, -0.1) is 0 Å². The molecule has 0 radical (unpaired) electrons. The van der Waals surface area contributed by atoms with E-state index >= 15 is 0 Å². The first-order chi connectivity index (χ1) is 10.7. The van der Waals surface area contributed by atoms with Crippen LogP contribution in [0.3, 0.4) is 0 Å². The number of rotatable bonds is 7. The Kier molecular flexibility index (Phi) is 6.09. The maximum absolute atomic E-state index is 8.04. The molecular weight excluding hydrogens is 282 g/mol. The highest BCUT2D eigenvalue weighted by molar-refractivity contribution is 5.94. The van der Waals surface area contributed by atoms with Crippen LogP contribution in [0.2, 0.25) is 0 Å². The minimum atomic E-state index is 0.224. The highest BCUT2D eigenvalue weighted by atomic mass is 16.5. The fraction of sp³-hybridized carbons (Fsp3) is 0.438. The summed E-state index contributed by atoms with van der Waals surface area (Å²) in [6, 6.07) is 7.33. The second kappa shape index (κ2) is 8.29. The number of morpholine rings is 1. The maximum Gasteiger partial charge on any atom is 0.130 e. The standard InChI is InChI=1S/C16H23N3O3/c1-18-16(19-7-9-21-10-8-19)11-13(17)12-22-15-5-3-14(20-2)4-6-15/h3-6,11,17-18H,7-10,12H2,1-2H3/b16-11+,17-13?. The third-order valence-electron chi connectivity index (χ3n) is 3.37. The van der Waals surface area contributed by atoms with E-state index in [-0.39, 0.29) is 6.61 Å². The Morgan fingerprint density at radius 3 is 2.50 bits per heavy atom. The molecule has 0 amide bonds. The lowest BCUT2D eigenvalue weighted by Gasteiger charge is -2.30. The van der Waals surface area contributed by atoms with Crippen molar-refractivity contribution >= 4 is 5.71 Å². The number of benzene rings is 1. The molecule has 1 fully saturated rings. The van der Waals surface area contributed by atoms with E-state index in [4.69, 9.17) is 19.6 Å². The Labute approximate surface area is 131 Å². The zero-order chi connectivity index (χ0) is 15.8. The summed E-state index contributed by atoms with van der Waals surface area (Å²) in [4.78, 5) is 2.17. The highest BCUT2D eigenvalue weighted by Crippen LogP contribution is 2.17. The van der Waals surface area contributed by atoms with Gasteiger partial charge >= 0.3 is 0 Å². The third kappa shape index (κ3) is 4.66. The smallest absolute Gasteiger partial charge is 0.130 e. The summed E-state index contributed by atoms with van der Waals surface area (Å²) < 4.78 is 16.0. The molecule has 0 bridgehead atoms. The van der Waals surface area contributed by atoms with Gasteiger partial charge in [0.25, 0.3) is 0 Å². The van der Waals surface area contributed by atoms with Crippen molar-refractivity contribution in [2.75, 3.05) is 47.1 Å². The van der Waals surface area contributed by atoms with Gasteiger partial charge in [0.2, 0.25) is 0 Å². The first-order valence-corrected chi connectivity index (χ1v) is 7.29. The highest BCUT2D eigenvalue weighted by Gasteiger charge is 2.13. The lowest BCUT2D eigenvalue weighted by Crippen LogP contribution is -2.39. The van der Waals surface area contributed by atoms with Gasteiger partial charge in [-0.3, -0.25) is 0 Å². The molecule has 0 saturated carbocycles. The number of methoxy groups -OCH3 is 1. The van der Waals surface area contributed by atoms with Crippen LogP contribution in [-0.4, -0.2) is 57.7 Å². The molecule has 0 aromatic heterocycles. The third-order valence-corrected chi connectivity index (χ3v) is 3.37. The summed E-state index contributed by atoms with van der Waals surface area (Å²) >= 11 is 0. The molecule has 1 aromatic carbocycles. The molecule has 2 N–H and O–H groups in total. The van der Waals surface area contributed by atoms with Crippen LogP contribution < -0.4 is 14.8 Å². The van der Waals surface area contributed by atoms with Gasteiger partial charge in [-0.2, -0.15) is 0 Å². The average molecular weight is 305 g/mol. The normalized spacial score (nSPS) is 15.4. The van der Waals surface area contributed by atoms with E-state index in [1.54, 1.807) is 13.2 Å². The Morgan fingerprint density at radius 2 is 1.91 bits per heavy atom. The van der Waals surface area contributed by atoms with Crippen LogP contribution in [0.1, 0.15) is 0 Å². The summed E-state index contributed by atoms with van der Waals surface area (Å²) in [5.74, 6) is 2.43. The Morgan fingerprint density at radius 1 is 1.27 bits per heavy atom. The quantitative estimate of drug-likeness (QED) is 0.747. The Hall–Kier alpha value is -2.21. The summed E-state index contributed by atoms with van der Waals surface area (Å²) in [5, 5.41) is 11.2. The largest absolute Gasteiger partial charge is 0.497 e. The van der Waals surface area contributed by atoms with Gasteiger partial charge in [-0.1, -0.05) is 0 Å². The maximum atomic E-state index is 8.04. The molecule has 1 saturated heterocycles. The molecule has 6 nitrogen and oxygen atoms in total. The van der Waals surface area contributed by atoms with Crippen LogP contribution >= 0.6 is 0 Å². The molecule has 1 aliphatic heterocycles. The minimum Gasteiger partial charge on any atom is -0.497 e. The van der Waals surface area contributed by atoms with Gasteiger partial charge in [0, 0.05) is 26.2 Å². The Balaban J connectivity index is 1.88. The number of hydrogen-bond acceptors (Lipinski definition) is 6. The molecule has 1 aliphatic rings. The minimum absolute atomic E-state index is 0.224. The van der Waals surface area contributed by atoms with E-state index in [2.05, 4.69) is 10.2 Å². The zero-order valence-electron chi connectivity index (χ0n) is 13.1. The van der Waals surface area contributed by atoms with Crippen molar-refractivity contribution in [3.05, 3.63) is 36.2 Å². The molecular formula is C16H23N3O3. The monoisotopic (exact) mass is 305 g/mol. The van der Waals surface area contributed by atoms with E-state index in [0.29, 0.717) is 18.9 Å². The number of ether oxygens (including phenoxy) is 3. The summed E-state index contributed by atoms with van der Waals surface area (Å²) in [6.07, 6.45) is 1.80. The lowest BCUT2D eigenvalue weighted by molar-refractivity contribution is 0.0509. The molecule has 0 unspecified atom stereocenters. The SMILES string of the molecule is CN/C(=C\C(=N)COc1ccc(OC)cc1)N1CCOCC1. The molecule has 22 heavy (non-hydrogen) atoms. The van der Waals surface area contributed by atoms with E-state index in [1.807, 2.05) is 31.3 Å². The topological polar surface area (TPSA) is 66.8 Å². The van der Waals surface area contributed by atoms with Gasteiger partial charge < -0.3 is 29.8 Å². The average Bonchev–Trinajstić information content (AvgIpc) is 2.59. The van der Waals surface area contributed by atoms with Crippen LogP contribution in [0.25, 0.3) is 0 Å². The zero-order valence-corrected chi connectivity index (χ0v) is 13.1. The van der Waals surface area contributed by atoms with Crippen molar-refractivity contribution < 1.29 is 14.2 Å². The summed E-state index contributed by atoms with van der Waals surface area (Å²) in [6.45, 7) is 3.32. The van der Waals surface area contributed by atoms with Gasteiger partial charge in [0.05, 0.1) is 26.0 Å². The van der Waals surface area contributed by atoms with Gasteiger partial charge in [-0.25, -0.2) is 0 Å². The van der Waals surface area contributed by atoms with Crippen LogP contribution in [-0.2, 0) is 4.74 Å². The van der Waals surface area contributed by atoms with E-state index in [1.165, 1.54) is 0 Å². The van der Waals surface area contributed by atoms with Crippen molar-refractivity contribution in [1.82, 2.24) is 10.2 Å². The summed E-state index contributed by atoms with van der Waals surface area (Å²) in [7, 11) is 3.49. The Bertz CT molecular complexity index is 508. The molecule has 6 heteroatoms. The molecule has 0 aliphatic carbocycles. The predicted octanol–water partition coefficient (Wildman–Crippen LogP) is 1.49. The van der Waals surface area contributed by atoms with Gasteiger partial charge in [0.15, 0.2) is 0 Å². The summed E-state index contributed by atoms with van der Waals surface area (Å²) in [5.41, 5.74) is 0.409. The molecule has 2 rings (SSSR count). The van der Waals surface area contributed by atoms with Crippen LogP contribution in [0.4, 0.5) is 0 Å². The van der Waals surface area contributed by atoms with Crippen molar-refractivity contribution in [2.45, 2.75) is 0 Å². The van der Waals surface area contributed by atoms with Gasteiger partial charge in [-0.05, 0) is 24.3 Å². The predicted molar refractivity (Wildman–Crippen MR) is 85.8 cm³/mol. The van der Waals surface area contributed by atoms with Gasteiger partial charge in [0.1, 0.15) is 23.9 Å². The van der Waals surface area contributed by atoms with Crippen molar-refractivity contribution in [3.8, 4) is 11.5 Å². The lowest BCUT2D eigenvalue weighted by atomic mass is 10.3. The molecule has 120 valence electrons. The second-order valence-corrected chi connectivity index (χ2v) is 4.87. The fourth-order valence-corrected chi connectivity index (χ4v) is 2.17. The number of nitrogens with one attached hydrogen (secondary N) is 2. The second-order valence-electron chi connectivity index (χ2n) is 4.87. The molecule has 1 heterocycles. The molecule has 0 spiro atoms. The first kappa shape index (κ1) is 16.2. The van der Waals surface area contributed by atoms with Crippen LogP contribution in [0, 0.1) is 5.41 Å². The molecule has 1 aromatic rings.